The van der Waals surface area contributed by atoms with E-state index < -0.39 is 5.60 Å². The lowest BCUT2D eigenvalue weighted by Crippen LogP contribution is -2.43. The maximum Gasteiger partial charge on any atom is 0.337 e. The van der Waals surface area contributed by atoms with Gasteiger partial charge in [0.2, 0.25) is 0 Å². The smallest absolute Gasteiger partial charge is 0.337 e. The van der Waals surface area contributed by atoms with Gasteiger partial charge >= 0.3 is 5.97 Å². The highest BCUT2D eigenvalue weighted by Crippen LogP contribution is 2.52. The summed E-state index contributed by atoms with van der Waals surface area (Å²) in [5.41, 5.74) is -0.410. The zero-order valence-electron chi connectivity index (χ0n) is 8.19. The van der Waals surface area contributed by atoms with Gasteiger partial charge in [-0.05, 0) is 31.1 Å². The predicted octanol–water partition coefficient (Wildman–Crippen LogP) is 1.02. The first kappa shape index (κ1) is 8.48. The molecule has 0 aromatic heterocycles. The quantitative estimate of drug-likeness (QED) is 0.586. The molecule has 76 valence electrons. The first-order chi connectivity index (χ1) is 6.62. The molecule has 4 unspecified atom stereocenters. The second-order valence-corrected chi connectivity index (χ2v) is 4.79. The summed E-state index contributed by atoms with van der Waals surface area (Å²) < 4.78 is 5.19. The number of hydrogen-bond acceptors (Lipinski definition) is 3. The Morgan fingerprint density at radius 3 is 3.14 bits per heavy atom. The van der Waals surface area contributed by atoms with E-state index in [-0.39, 0.29) is 18.0 Å². The summed E-state index contributed by atoms with van der Waals surface area (Å²) in [6.07, 6.45) is 4.41. The minimum atomic E-state index is -0.941. The molecule has 14 heavy (non-hydrogen) atoms. The van der Waals surface area contributed by atoms with E-state index in [1.54, 1.807) is 0 Å². The summed E-state index contributed by atoms with van der Waals surface area (Å²) in [4.78, 5) is 11.5. The number of carbonyl (C=O) groups excluding carboxylic acids is 1. The average molecular weight is 194 g/mol. The molecule has 4 atom stereocenters. The molecule has 3 heteroatoms. The fourth-order valence-corrected chi connectivity index (χ4v) is 3.25. The van der Waals surface area contributed by atoms with E-state index in [0.717, 1.165) is 19.3 Å². The van der Waals surface area contributed by atoms with Gasteiger partial charge in [-0.3, -0.25) is 0 Å². The van der Waals surface area contributed by atoms with Crippen molar-refractivity contribution in [2.45, 2.75) is 37.9 Å². The average Bonchev–Trinajstić information content (AvgIpc) is 2.55. The molecule has 0 amide bonds. The molecule has 0 aromatic carbocycles. The molecule has 3 rings (SSSR count). The normalized spacial score (nSPS) is 50.0. The van der Waals surface area contributed by atoms with Crippen LogP contribution in [0.2, 0.25) is 0 Å². The Hall–Kier alpha value is -0.830. The van der Waals surface area contributed by atoms with Gasteiger partial charge in [0, 0.05) is 0 Å². The SMILES string of the molecule is CC1C=C2C(=O)OC3CCC(C1)C23O. The predicted molar refractivity (Wildman–Crippen MR) is 49.4 cm³/mol. The minimum Gasteiger partial charge on any atom is -0.455 e. The highest BCUT2D eigenvalue weighted by molar-refractivity contribution is 5.94. The van der Waals surface area contributed by atoms with Gasteiger partial charge in [-0.2, -0.15) is 0 Å². The number of aliphatic hydroxyl groups is 1. The number of carbonyl (C=O) groups is 1. The molecule has 1 saturated heterocycles. The number of ether oxygens (including phenoxy) is 1. The molecule has 0 radical (unpaired) electrons. The van der Waals surface area contributed by atoms with Gasteiger partial charge in [0.1, 0.15) is 11.7 Å². The van der Waals surface area contributed by atoms with E-state index in [4.69, 9.17) is 4.74 Å². The second kappa shape index (κ2) is 2.40. The van der Waals surface area contributed by atoms with Crippen LogP contribution in [-0.4, -0.2) is 22.8 Å². The molecule has 0 aromatic rings. The molecular weight excluding hydrogens is 180 g/mol. The van der Waals surface area contributed by atoms with Crippen molar-refractivity contribution < 1.29 is 14.6 Å². The largest absolute Gasteiger partial charge is 0.455 e. The van der Waals surface area contributed by atoms with E-state index in [1.807, 2.05) is 6.08 Å². The van der Waals surface area contributed by atoms with Crippen LogP contribution in [-0.2, 0) is 9.53 Å². The third-order valence-corrected chi connectivity index (χ3v) is 3.90. The van der Waals surface area contributed by atoms with Crippen molar-refractivity contribution in [1.29, 1.82) is 0 Å². The highest BCUT2D eigenvalue weighted by Gasteiger charge is 2.61. The fourth-order valence-electron chi connectivity index (χ4n) is 3.25. The van der Waals surface area contributed by atoms with Crippen LogP contribution < -0.4 is 0 Å². The van der Waals surface area contributed by atoms with Crippen LogP contribution in [0.15, 0.2) is 11.6 Å². The summed E-state index contributed by atoms with van der Waals surface area (Å²) >= 11 is 0. The number of hydrogen-bond donors (Lipinski definition) is 1. The van der Waals surface area contributed by atoms with Crippen LogP contribution in [0.4, 0.5) is 0 Å². The van der Waals surface area contributed by atoms with Crippen LogP contribution in [0.1, 0.15) is 26.2 Å². The molecular formula is C11H14O3. The van der Waals surface area contributed by atoms with Crippen molar-refractivity contribution in [3.63, 3.8) is 0 Å². The monoisotopic (exact) mass is 194 g/mol. The van der Waals surface area contributed by atoms with Gasteiger partial charge < -0.3 is 9.84 Å². The molecule has 0 spiro atoms. The number of rotatable bonds is 0. The minimum absolute atomic E-state index is 0.231. The third-order valence-electron chi connectivity index (χ3n) is 3.90. The fraction of sp³-hybridized carbons (Fsp3) is 0.727. The van der Waals surface area contributed by atoms with Crippen molar-refractivity contribution in [2.24, 2.45) is 11.8 Å². The van der Waals surface area contributed by atoms with Crippen molar-refractivity contribution in [1.82, 2.24) is 0 Å². The van der Waals surface area contributed by atoms with Crippen molar-refractivity contribution in [3.05, 3.63) is 11.6 Å². The van der Waals surface area contributed by atoms with E-state index >= 15 is 0 Å². The molecule has 2 fully saturated rings. The van der Waals surface area contributed by atoms with E-state index in [1.165, 1.54) is 0 Å². The summed E-state index contributed by atoms with van der Waals surface area (Å²) in [6.45, 7) is 2.09. The van der Waals surface area contributed by atoms with Crippen molar-refractivity contribution in [2.75, 3.05) is 0 Å². The third kappa shape index (κ3) is 0.793. The Bertz CT molecular complexity index is 333. The summed E-state index contributed by atoms with van der Waals surface area (Å²) in [7, 11) is 0. The summed E-state index contributed by atoms with van der Waals surface area (Å²) in [5, 5.41) is 10.5. The zero-order valence-corrected chi connectivity index (χ0v) is 8.19. The zero-order chi connectivity index (χ0) is 9.92. The van der Waals surface area contributed by atoms with Crippen molar-refractivity contribution >= 4 is 5.97 Å². The first-order valence-electron chi connectivity index (χ1n) is 5.28. The standard InChI is InChI=1S/C11H14O3/c1-6-4-7-2-3-9-11(7,13)8(5-6)10(12)14-9/h5-7,9,13H,2-4H2,1H3. The molecule has 1 aliphatic heterocycles. The van der Waals surface area contributed by atoms with Crippen LogP contribution >= 0.6 is 0 Å². The van der Waals surface area contributed by atoms with Crippen LogP contribution in [0, 0.1) is 11.8 Å². The molecule has 0 bridgehead atoms. The Kier molecular flexibility index (Phi) is 1.45. The van der Waals surface area contributed by atoms with E-state index in [2.05, 4.69) is 6.92 Å². The Labute approximate surface area is 82.8 Å². The first-order valence-corrected chi connectivity index (χ1v) is 5.28. The lowest BCUT2D eigenvalue weighted by Gasteiger charge is -2.33. The van der Waals surface area contributed by atoms with Gasteiger partial charge in [0.15, 0.2) is 0 Å². The summed E-state index contributed by atoms with van der Waals surface area (Å²) in [5.74, 6) is 0.322. The molecule has 1 saturated carbocycles. The molecule has 2 aliphatic carbocycles. The number of esters is 1. The Morgan fingerprint density at radius 2 is 2.36 bits per heavy atom. The van der Waals surface area contributed by atoms with Gasteiger partial charge in [0.05, 0.1) is 5.57 Å². The van der Waals surface area contributed by atoms with Gasteiger partial charge in [-0.15, -0.1) is 0 Å². The molecule has 3 aliphatic rings. The topological polar surface area (TPSA) is 46.5 Å². The summed E-state index contributed by atoms with van der Waals surface area (Å²) in [6, 6.07) is 0. The maximum absolute atomic E-state index is 11.5. The second-order valence-electron chi connectivity index (χ2n) is 4.79. The molecule has 1 heterocycles. The molecule has 3 nitrogen and oxygen atoms in total. The Morgan fingerprint density at radius 1 is 1.57 bits per heavy atom. The lowest BCUT2D eigenvalue weighted by atomic mass is 9.73. The highest BCUT2D eigenvalue weighted by atomic mass is 16.6. The van der Waals surface area contributed by atoms with E-state index in [0.29, 0.717) is 11.5 Å². The van der Waals surface area contributed by atoms with Crippen LogP contribution in [0.3, 0.4) is 0 Å². The van der Waals surface area contributed by atoms with Gasteiger partial charge in [-0.1, -0.05) is 13.0 Å². The number of allylic oxidation sites excluding steroid dienone is 1. The van der Waals surface area contributed by atoms with Gasteiger partial charge in [0.25, 0.3) is 0 Å². The van der Waals surface area contributed by atoms with E-state index in [9.17, 15) is 9.90 Å². The van der Waals surface area contributed by atoms with Crippen LogP contribution in [0.5, 0.6) is 0 Å². The lowest BCUT2D eigenvalue weighted by molar-refractivity contribution is -0.140. The Balaban J connectivity index is 2.14. The van der Waals surface area contributed by atoms with Crippen LogP contribution in [0.25, 0.3) is 0 Å². The molecule has 1 N–H and O–H groups in total. The van der Waals surface area contributed by atoms with Gasteiger partial charge in [-0.25, -0.2) is 4.79 Å². The van der Waals surface area contributed by atoms with Crippen molar-refractivity contribution in [3.8, 4) is 0 Å². The maximum atomic E-state index is 11.5.